The lowest BCUT2D eigenvalue weighted by atomic mass is 9.93. The molecule has 8 heteroatoms. The number of nitrogens with zero attached hydrogens (tertiary/aromatic N) is 4. The minimum Gasteiger partial charge on any atom is -0.454 e. The van der Waals surface area contributed by atoms with Gasteiger partial charge >= 0.3 is 5.97 Å². The average molecular weight is 414 g/mol. The molecule has 30 heavy (non-hydrogen) atoms. The van der Waals surface area contributed by atoms with Crippen molar-refractivity contribution >= 4 is 17.8 Å². The summed E-state index contributed by atoms with van der Waals surface area (Å²) in [6.45, 7) is -0.00219. The lowest BCUT2D eigenvalue weighted by molar-refractivity contribution is -0.152. The molecule has 1 aromatic heterocycles. The van der Waals surface area contributed by atoms with E-state index in [-0.39, 0.29) is 30.9 Å². The molecule has 0 radical (unpaired) electrons. The Morgan fingerprint density at radius 2 is 1.77 bits per heavy atom. The number of anilines is 1. The number of hydrogen-bond donors (Lipinski definition) is 0. The monoisotopic (exact) mass is 414 g/mol. The number of carbonyl (C=O) groups is 2. The Balaban J connectivity index is 1.58. The topological polar surface area (TPSA) is 75.6 Å². The van der Waals surface area contributed by atoms with Crippen LogP contribution in [0, 0.1) is 5.82 Å². The summed E-state index contributed by atoms with van der Waals surface area (Å²) in [6, 6.07) is 7.93. The highest BCUT2D eigenvalue weighted by atomic mass is 19.1. The van der Waals surface area contributed by atoms with E-state index in [1.807, 2.05) is 0 Å². The molecule has 1 saturated carbocycles. The van der Waals surface area contributed by atoms with Gasteiger partial charge in [-0.1, -0.05) is 31.4 Å². The van der Waals surface area contributed by atoms with Gasteiger partial charge < -0.3 is 14.5 Å². The van der Waals surface area contributed by atoms with Crippen LogP contribution in [0.15, 0.2) is 42.7 Å². The van der Waals surface area contributed by atoms with E-state index >= 15 is 0 Å². The van der Waals surface area contributed by atoms with E-state index in [1.54, 1.807) is 47.4 Å². The number of hydrogen-bond acceptors (Lipinski definition) is 6. The van der Waals surface area contributed by atoms with Crippen molar-refractivity contribution in [3.8, 4) is 0 Å². The number of carbonyl (C=O) groups excluding carboxylic acids is 2. The molecule has 0 bridgehead atoms. The Kier molecular flexibility index (Phi) is 7.70. The molecular formula is C22H27FN4O3. The fourth-order valence-electron chi connectivity index (χ4n) is 3.62. The number of amides is 1. The standard InChI is InChI=1S/C22H27FN4O3/c1-26(22-24-12-5-13-25-22)15-21(29)30-16-20(28)27(19-6-3-2-4-7-19)14-17-8-10-18(23)11-9-17/h5,8-13,19H,2-4,6-7,14-16H2,1H3. The third-order valence-electron chi connectivity index (χ3n) is 5.22. The SMILES string of the molecule is CN(CC(=O)OCC(=O)N(Cc1ccc(F)cc1)C1CCCCC1)c1ncccn1. The highest BCUT2D eigenvalue weighted by Crippen LogP contribution is 2.24. The van der Waals surface area contributed by atoms with Crippen LogP contribution in [0.4, 0.5) is 10.3 Å². The van der Waals surface area contributed by atoms with Crippen LogP contribution in [0.3, 0.4) is 0 Å². The van der Waals surface area contributed by atoms with Gasteiger partial charge in [-0.15, -0.1) is 0 Å². The van der Waals surface area contributed by atoms with Gasteiger partial charge in [-0.3, -0.25) is 9.59 Å². The minimum atomic E-state index is -0.524. The fourth-order valence-corrected chi connectivity index (χ4v) is 3.62. The molecule has 1 fully saturated rings. The highest BCUT2D eigenvalue weighted by molar-refractivity contribution is 5.82. The van der Waals surface area contributed by atoms with Crippen molar-refractivity contribution in [2.45, 2.75) is 44.7 Å². The average Bonchev–Trinajstić information content (AvgIpc) is 2.78. The Bertz CT molecular complexity index is 826. The van der Waals surface area contributed by atoms with Gasteiger partial charge in [-0.25, -0.2) is 14.4 Å². The van der Waals surface area contributed by atoms with Gasteiger partial charge in [0.1, 0.15) is 12.4 Å². The number of benzene rings is 1. The van der Waals surface area contributed by atoms with Crippen LogP contribution in [-0.2, 0) is 20.9 Å². The van der Waals surface area contributed by atoms with Gasteiger partial charge in [-0.05, 0) is 36.6 Å². The van der Waals surface area contributed by atoms with Crippen LogP contribution in [0.25, 0.3) is 0 Å². The summed E-state index contributed by atoms with van der Waals surface area (Å²) in [4.78, 5) is 36.6. The normalized spacial score (nSPS) is 14.2. The number of ether oxygens (including phenoxy) is 1. The predicted octanol–water partition coefficient (Wildman–Crippen LogP) is 2.96. The lowest BCUT2D eigenvalue weighted by Crippen LogP contribution is -2.43. The number of esters is 1. The van der Waals surface area contributed by atoms with E-state index < -0.39 is 5.97 Å². The molecule has 3 rings (SSSR count). The second kappa shape index (κ2) is 10.7. The Labute approximate surface area is 175 Å². The van der Waals surface area contributed by atoms with Crippen LogP contribution in [-0.4, -0.2) is 53.0 Å². The summed E-state index contributed by atoms with van der Waals surface area (Å²) < 4.78 is 18.5. The van der Waals surface area contributed by atoms with Gasteiger partial charge in [0.05, 0.1) is 0 Å². The van der Waals surface area contributed by atoms with E-state index in [2.05, 4.69) is 9.97 Å². The maximum atomic E-state index is 13.2. The summed E-state index contributed by atoms with van der Waals surface area (Å²) in [5.74, 6) is -0.669. The number of likely N-dealkylation sites (N-methyl/N-ethyl adjacent to an activating group) is 1. The minimum absolute atomic E-state index is 0.0569. The largest absolute Gasteiger partial charge is 0.454 e. The summed E-state index contributed by atoms with van der Waals surface area (Å²) >= 11 is 0. The smallest absolute Gasteiger partial charge is 0.326 e. The van der Waals surface area contributed by atoms with Crippen molar-refractivity contribution in [3.05, 3.63) is 54.1 Å². The predicted molar refractivity (Wildman–Crippen MR) is 110 cm³/mol. The Morgan fingerprint density at radius 1 is 1.10 bits per heavy atom. The third kappa shape index (κ3) is 6.23. The molecule has 2 aromatic rings. The van der Waals surface area contributed by atoms with Crippen molar-refractivity contribution < 1.29 is 18.7 Å². The van der Waals surface area contributed by atoms with E-state index in [4.69, 9.17) is 4.74 Å². The zero-order chi connectivity index (χ0) is 21.3. The second-order valence-corrected chi connectivity index (χ2v) is 7.51. The number of rotatable bonds is 8. The quantitative estimate of drug-likeness (QED) is 0.618. The molecular weight excluding hydrogens is 387 g/mol. The van der Waals surface area contributed by atoms with Crippen molar-refractivity contribution in [1.29, 1.82) is 0 Å². The van der Waals surface area contributed by atoms with Crippen LogP contribution < -0.4 is 4.90 Å². The first-order valence-corrected chi connectivity index (χ1v) is 10.2. The van der Waals surface area contributed by atoms with Gasteiger partial charge in [0, 0.05) is 32.0 Å². The maximum Gasteiger partial charge on any atom is 0.326 e. The van der Waals surface area contributed by atoms with Crippen LogP contribution in [0.5, 0.6) is 0 Å². The summed E-state index contributed by atoms with van der Waals surface area (Å²) in [6.07, 6.45) is 8.33. The van der Waals surface area contributed by atoms with Crippen molar-refractivity contribution in [2.24, 2.45) is 0 Å². The molecule has 7 nitrogen and oxygen atoms in total. The maximum absolute atomic E-state index is 13.2. The van der Waals surface area contributed by atoms with E-state index in [1.165, 1.54) is 12.1 Å². The molecule has 1 amide bonds. The molecule has 160 valence electrons. The number of aromatic nitrogens is 2. The van der Waals surface area contributed by atoms with Gasteiger partial charge in [0.25, 0.3) is 5.91 Å². The third-order valence-corrected chi connectivity index (χ3v) is 5.22. The van der Waals surface area contributed by atoms with Crippen LogP contribution >= 0.6 is 0 Å². The Morgan fingerprint density at radius 3 is 2.43 bits per heavy atom. The summed E-state index contributed by atoms with van der Waals surface area (Å²) in [5, 5.41) is 0. The summed E-state index contributed by atoms with van der Waals surface area (Å²) in [7, 11) is 1.68. The van der Waals surface area contributed by atoms with Crippen LogP contribution in [0.1, 0.15) is 37.7 Å². The second-order valence-electron chi connectivity index (χ2n) is 7.51. The molecule has 0 atom stereocenters. The van der Waals surface area contributed by atoms with Gasteiger partial charge in [0.15, 0.2) is 6.61 Å². The molecule has 0 aliphatic heterocycles. The first-order chi connectivity index (χ1) is 14.5. The van der Waals surface area contributed by atoms with Crippen molar-refractivity contribution in [3.63, 3.8) is 0 Å². The zero-order valence-corrected chi connectivity index (χ0v) is 17.2. The zero-order valence-electron chi connectivity index (χ0n) is 17.2. The lowest BCUT2D eigenvalue weighted by Gasteiger charge is -2.34. The van der Waals surface area contributed by atoms with Gasteiger partial charge in [0.2, 0.25) is 5.95 Å². The first kappa shape index (κ1) is 21.7. The molecule has 1 heterocycles. The van der Waals surface area contributed by atoms with Crippen molar-refractivity contribution in [1.82, 2.24) is 14.9 Å². The molecule has 1 aliphatic rings. The van der Waals surface area contributed by atoms with Crippen molar-refractivity contribution in [2.75, 3.05) is 25.1 Å². The highest BCUT2D eigenvalue weighted by Gasteiger charge is 2.26. The Hall–Kier alpha value is -3.03. The van der Waals surface area contributed by atoms with Gasteiger partial charge in [-0.2, -0.15) is 0 Å². The fraction of sp³-hybridized carbons (Fsp3) is 0.455. The molecule has 0 saturated heterocycles. The molecule has 1 aliphatic carbocycles. The summed E-state index contributed by atoms with van der Waals surface area (Å²) in [5.41, 5.74) is 0.850. The van der Waals surface area contributed by atoms with Crippen LogP contribution in [0.2, 0.25) is 0 Å². The van der Waals surface area contributed by atoms with E-state index in [0.717, 1.165) is 37.7 Å². The van der Waals surface area contributed by atoms with E-state index in [9.17, 15) is 14.0 Å². The molecule has 0 N–H and O–H groups in total. The molecule has 0 spiro atoms. The number of halogens is 1. The van der Waals surface area contributed by atoms with E-state index in [0.29, 0.717) is 12.5 Å². The first-order valence-electron chi connectivity index (χ1n) is 10.2. The molecule has 0 unspecified atom stereocenters. The molecule has 1 aromatic carbocycles.